The fraction of sp³-hybridized carbons (Fsp3) is 0.444. The van der Waals surface area contributed by atoms with Gasteiger partial charge in [-0.2, -0.15) is 0 Å². The molecule has 0 saturated carbocycles. The number of hydrogen-bond acceptors (Lipinski definition) is 4. The standard InChI is InChI=1S/C18H21N3O/c1-2-5-14(6-3-1)16-8-9-18(20-19-16)22-17-10-12-21-11-4-7-15(17)13-21/h1-3,5-6,8-9,15,17H,4,7,10-13H2/t15-,17-/m1/s1. The third-order valence-corrected chi connectivity index (χ3v) is 4.78. The molecule has 2 aliphatic heterocycles. The van der Waals surface area contributed by atoms with Crippen LogP contribution in [0.5, 0.6) is 5.88 Å². The van der Waals surface area contributed by atoms with E-state index in [0.717, 1.165) is 24.2 Å². The van der Waals surface area contributed by atoms with Crippen LogP contribution in [-0.4, -0.2) is 40.8 Å². The van der Waals surface area contributed by atoms with Crippen LogP contribution >= 0.6 is 0 Å². The van der Waals surface area contributed by atoms with Gasteiger partial charge in [0.15, 0.2) is 0 Å². The summed E-state index contributed by atoms with van der Waals surface area (Å²) in [5.74, 6) is 1.31. The van der Waals surface area contributed by atoms with E-state index in [1.54, 1.807) is 0 Å². The van der Waals surface area contributed by atoms with E-state index in [1.807, 2.05) is 42.5 Å². The highest BCUT2D eigenvalue weighted by Gasteiger charge is 2.33. The van der Waals surface area contributed by atoms with Gasteiger partial charge in [-0.1, -0.05) is 30.3 Å². The molecule has 2 saturated heterocycles. The molecule has 3 heterocycles. The molecule has 0 spiro atoms. The summed E-state index contributed by atoms with van der Waals surface area (Å²) in [6.07, 6.45) is 3.97. The fourth-order valence-corrected chi connectivity index (χ4v) is 3.60. The summed E-state index contributed by atoms with van der Waals surface area (Å²) in [5.41, 5.74) is 1.97. The lowest BCUT2D eigenvalue weighted by Crippen LogP contribution is -2.49. The monoisotopic (exact) mass is 295 g/mol. The summed E-state index contributed by atoms with van der Waals surface area (Å²) in [7, 11) is 0. The van der Waals surface area contributed by atoms with Crippen molar-refractivity contribution in [3.63, 3.8) is 0 Å². The van der Waals surface area contributed by atoms with E-state index in [4.69, 9.17) is 4.74 Å². The molecule has 3 atom stereocenters. The highest BCUT2D eigenvalue weighted by Crippen LogP contribution is 2.29. The van der Waals surface area contributed by atoms with E-state index >= 15 is 0 Å². The Morgan fingerprint density at radius 2 is 1.86 bits per heavy atom. The third kappa shape index (κ3) is 2.83. The Kier molecular flexibility index (Phi) is 3.77. The van der Waals surface area contributed by atoms with Crippen LogP contribution in [0.2, 0.25) is 0 Å². The molecule has 0 radical (unpaired) electrons. The van der Waals surface area contributed by atoms with E-state index in [1.165, 1.54) is 25.9 Å². The molecule has 2 fully saturated rings. The Morgan fingerprint density at radius 3 is 2.68 bits per heavy atom. The average Bonchev–Trinajstić information content (AvgIpc) is 2.59. The van der Waals surface area contributed by atoms with Gasteiger partial charge in [0, 0.05) is 30.6 Å². The molecule has 2 bridgehead atoms. The molecule has 0 amide bonds. The van der Waals surface area contributed by atoms with Crippen LogP contribution < -0.4 is 4.74 Å². The summed E-state index contributed by atoms with van der Waals surface area (Å²) in [6.45, 7) is 3.59. The molecule has 0 aliphatic carbocycles. The van der Waals surface area contributed by atoms with E-state index in [2.05, 4.69) is 15.1 Å². The number of rotatable bonds is 3. The Hall–Kier alpha value is -1.94. The molecule has 1 aromatic heterocycles. The number of nitrogens with zero attached hydrogens (tertiary/aromatic N) is 3. The van der Waals surface area contributed by atoms with Gasteiger partial charge in [0.1, 0.15) is 6.10 Å². The van der Waals surface area contributed by atoms with E-state index in [-0.39, 0.29) is 0 Å². The van der Waals surface area contributed by atoms with Crippen molar-refractivity contribution < 1.29 is 4.74 Å². The summed E-state index contributed by atoms with van der Waals surface area (Å²) in [5, 5.41) is 8.58. The molecule has 4 rings (SSSR count). The highest BCUT2D eigenvalue weighted by molar-refractivity contribution is 5.58. The van der Waals surface area contributed by atoms with Crippen molar-refractivity contribution in [2.75, 3.05) is 19.6 Å². The molecular formula is C18H21N3O. The first-order valence-corrected chi connectivity index (χ1v) is 8.17. The van der Waals surface area contributed by atoms with Crippen molar-refractivity contribution in [1.82, 2.24) is 15.1 Å². The maximum absolute atomic E-state index is 6.13. The Morgan fingerprint density at radius 1 is 0.955 bits per heavy atom. The van der Waals surface area contributed by atoms with Crippen LogP contribution in [0.25, 0.3) is 11.3 Å². The summed E-state index contributed by atoms with van der Waals surface area (Å²) in [6, 6.07) is 14.1. The van der Waals surface area contributed by atoms with Gasteiger partial charge in [-0.3, -0.25) is 0 Å². The van der Waals surface area contributed by atoms with Gasteiger partial charge in [-0.15, -0.1) is 10.2 Å². The van der Waals surface area contributed by atoms with Gasteiger partial charge in [0.2, 0.25) is 5.88 Å². The van der Waals surface area contributed by atoms with Gasteiger partial charge in [0.25, 0.3) is 0 Å². The Bertz CT molecular complexity index is 614. The summed E-state index contributed by atoms with van der Waals surface area (Å²) >= 11 is 0. The zero-order chi connectivity index (χ0) is 14.8. The highest BCUT2D eigenvalue weighted by atomic mass is 16.5. The van der Waals surface area contributed by atoms with Crippen molar-refractivity contribution >= 4 is 0 Å². The third-order valence-electron chi connectivity index (χ3n) is 4.78. The first kappa shape index (κ1) is 13.7. The van der Waals surface area contributed by atoms with Gasteiger partial charge in [-0.25, -0.2) is 0 Å². The minimum Gasteiger partial charge on any atom is -0.473 e. The Labute approximate surface area is 131 Å². The molecule has 4 heteroatoms. The van der Waals surface area contributed by atoms with E-state index in [9.17, 15) is 0 Å². The maximum Gasteiger partial charge on any atom is 0.233 e. The van der Waals surface area contributed by atoms with Crippen molar-refractivity contribution in [3.05, 3.63) is 42.5 Å². The number of benzene rings is 1. The predicted molar refractivity (Wildman–Crippen MR) is 85.7 cm³/mol. The smallest absolute Gasteiger partial charge is 0.233 e. The number of fused-ring (bicyclic) bond motifs is 2. The molecular weight excluding hydrogens is 274 g/mol. The van der Waals surface area contributed by atoms with E-state index < -0.39 is 0 Å². The number of ether oxygens (including phenoxy) is 1. The minimum absolute atomic E-state index is 0.299. The molecule has 2 aromatic rings. The quantitative estimate of drug-likeness (QED) is 0.872. The molecule has 22 heavy (non-hydrogen) atoms. The first-order chi connectivity index (χ1) is 10.9. The maximum atomic E-state index is 6.13. The van der Waals surface area contributed by atoms with Gasteiger partial charge < -0.3 is 9.64 Å². The van der Waals surface area contributed by atoms with Gasteiger partial charge in [0.05, 0.1) is 5.69 Å². The minimum atomic E-state index is 0.299. The molecule has 1 aromatic carbocycles. The van der Waals surface area contributed by atoms with Crippen LogP contribution in [0.15, 0.2) is 42.5 Å². The van der Waals surface area contributed by atoms with Crippen molar-refractivity contribution in [2.45, 2.75) is 25.4 Å². The second-order valence-electron chi connectivity index (χ2n) is 6.27. The lowest BCUT2D eigenvalue weighted by molar-refractivity contribution is 0.0123. The molecule has 1 unspecified atom stereocenters. The molecule has 0 N–H and O–H groups in total. The topological polar surface area (TPSA) is 38.2 Å². The second kappa shape index (κ2) is 6.05. The number of aromatic nitrogens is 2. The SMILES string of the molecule is c1ccc(-c2ccc(O[C@@H]3CCN4CCC[C@@H]3C4)nn2)cc1. The fourth-order valence-electron chi connectivity index (χ4n) is 3.60. The zero-order valence-electron chi connectivity index (χ0n) is 12.7. The van der Waals surface area contributed by atoms with Crippen LogP contribution in [0.3, 0.4) is 0 Å². The average molecular weight is 295 g/mol. The first-order valence-electron chi connectivity index (χ1n) is 8.17. The molecule has 4 nitrogen and oxygen atoms in total. The van der Waals surface area contributed by atoms with Crippen LogP contribution in [-0.2, 0) is 0 Å². The molecule has 114 valence electrons. The van der Waals surface area contributed by atoms with Crippen molar-refractivity contribution in [2.24, 2.45) is 5.92 Å². The van der Waals surface area contributed by atoms with Crippen molar-refractivity contribution in [3.8, 4) is 17.1 Å². The predicted octanol–water partition coefficient (Wildman–Crippen LogP) is 3.01. The van der Waals surface area contributed by atoms with Crippen LogP contribution in [0, 0.1) is 5.92 Å². The Balaban J connectivity index is 1.45. The second-order valence-corrected chi connectivity index (χ2v) is 6.27. The van der Waals surface area contributed by atoms with Gasteiger partial charge in [-0.05, 0) is 31.9 Å². The van der Waals surface area contributed by atoms with Crippen molar-refractivity contribution in [1.29, 1.82) is 0 Å². The van der Waals surface area contributed by atoms with E-state index in [0.29, 0.717) is 17.9 Å². The largest absolute Gasteiger partial charge is 0.473 e. The number of piperidine rings is 2. The van der Waals surface area contributed by atoms with Crippen LogP contribution in [0.4, 0.5) is 0 Å². The summed E-state index contributed by atoms with van der Waals surface area (Å²) < 4.78 is 6.13. The van der Waals surface area contributed by atoms with Crippen LogP contribution in [0.1, 0.15) is 19.3 Å². The lowest BCUT2D eigenvalue weighted by Gasteiger charge is -2.42. The van der Waals surface area contributed by atoms with Gasteiger partial charge >= 0.3 is 0 Å². The summed E-state index contributed by atoms with van der Waals surface area (Å²) in [4.78, 5) is 2.55. The zero-order valence-corrected chi connectivity index (χ0v) is 12.7. The lowest BCUT2D eigenvalue weighted by atomic mass is 9.87. The normalized spacial score (nSPS) is 27.4. The molecule has 2 aliphatic rings. The number of hydrogen-bond donors (Lipinski definition) is 0.